The molecule has 0 aliphatic carbocycles. The van der Waals surface area contributed by atoms with Gasteiger partial charge in [0.1, 0.15) is 0 Å². The van der Waals surface area contributed by atoms with E-state index < -0.39 is 10.0 Å². The van der Waals surface area contributed by atoms with Gasteiger partial charge < -0.3 is 5.73 Å². The van der Waals surface area contributed by atoms with Crippen molar-refractivity contribution in [2.24, 2.45) is 10.9 Å². The molecule has 1 atom stereocenters. The molecule has 4 nitrogen and oxygen atoms in total. The standard InChI is InChI=1S/C9H14N2O2S/c1-2-9(10)7-4-3-5-8(6-7)14(11,12)13/h3-6,9H,2,10H2,1H3,(H2,11,12,13). The molecule has 0 aliphatic heterocycles. The largest absolute Gasteiger partial charge is 0.324 e. The summed E-state index contributed by atoms with van der Waals surface area (Å²) in [4.78, 5) is 0.110. The summed E-state index contributed by atoms with van der Waals surface area (Å²) in [6.07, 6.45) is 0.758. The van der Waals surface area contributed by atoms with Gasteiger partial charge in [-0.15, -0.1) is 0 Å². The van der Waals surface area contributed by atoms with Gasteiger partial charge in [-0.1, -0.05) is 19.1 Å². The average Bonchev–Trinajstić information content (AvgIpc) is 2.15. The second-order valence-electron chi connectivity index (χ2n) is 3.13. The van der Waals surface area contributed by atoms with Gasteiger partial charge in [0.15, 0.2) is 0 Å². The van der Waals surface area contributed by atoms with E-state index in [0.29, 0.717) is 0 Å². The van der Waals surface area contributed by atoms with Gasteiger partial charge in [-0.2, -0.15) is 0 Å². The van der Waals surface area contributed by atoms with Gasteiger partial charge in [0.25, 0.3) is 0 Å². The normalized spacial score (nSPS) is 13.9. The summed E-state index contributed by atoms with van der Waals surface area (Å²) in [6.45, 7) is 1.94. The minimum absolute atomic E-state index is 0.110. The van der Waals surface area contributed by atoms with Crippen molar-refractivity contribution < 1.29 is 8.42 Å². The first kappa shape index (κ1) is 11.2. The summed E-state index contributed by atoms with van der Waals surface area (Å²) in [5.41, 5.74) is 6.56. The Morgan fingerprint density at radius 1 is 1.43 bits per heavy atom. The Morgan fingerprint density at radius 2 is 2.07 bits per heavy atom. The number of benzene rings is 1. The number of nitrogens with two attached hydrogens (primary N) is 2. The highest BCUT2D eigenvalue weighted by molar-refractivity contribution is 7.89. The Kier molecular flexibility index (Phi) is 3.25. The van der Waals surface area contributed by atoms with Crippen molar-refractivity contribution in [3.05, 3.63) is 29.8 Å². The molecule has 5 heteroatoms. The van der Waals surface area contributed by atoms with E-state index in [1.54, 1.807) is 12.1 Å². The van der Waals surface area contributed by atoms with Crippen molar-refractivity contribution >= 4 is 10.0 Å². The van der Waals surface area contributed by atoms with E-state index in [2.05, 4.69) is 0 Å². The van der Waals surface area contributed by atoms with Crippen molar-refractivity contribution in [2.75, 3.05) is 0 Å². The number of rotatable bonds is 3. The molecule has 1 unspecified atom stereocenters. The Balaban J connectivity index is 3.14. The summed E-state index contributed by atoms with van der Waals surface area (Å²) >= 11 is 0. The first-order valence-corrected chi connectivity index (χ1v) is 5.88. The van der Waals surface area contributed by atoms with Gasteiger partial charge in [-0.3, -0.25) is 0 Å². The van der Waals surface area contributed by atoms with Gasteiger partial charge in [0.05, 0.1) is 4.90 Å². The van der Waals surface area contributed by atoms with Gasteiger partial charge in [-0.25, -0.2) is 13.6 Å². The molecule has 0 aromatic heterocycles. The van der Waals surface area contributed by atoms with Crippen LogP contribution in [0.2, 0.25) is 0 Å². The maximum absolute atomic E-state index is 11.0. The van der Waals surface area contributed by atoms with Crippen LogP contribution in [0.1, 0.15) is 24.9 Å². The van der Waals surface area contributed by atoms with Crippen LogP contribution in [-0.2, 0) is 10.0 Å². The highest BCUT2D eigenvalue weighted by Gasteiger charge is 2.10. The topological polar surface area (TPSA) is 86.2 Å². The van der Waals surface area contributed by atoms with E-state index in [0.717, 1.165) is 12.0 Å². The molecule has 4 N–H and O–H groups in total. The van der Waals surface area contributed by atoms with E-state index in [-0.39, 0.29) is 10.9 Å². The zero-order valence-electron chi connectivity index (χ0n) is 7.97. The molecule has 0 heterocycles. The van der Waals surface area contributed by atoms with Crippen LogP contribution < -0.4 is 10.9 Å². The Labute approximate surface area is 84.0 Å². The van der Waals surface area contributed by atoms with Crippen molar-refractivity contribution in [3.63, 3.8) is 0 Å². The lowest BCUT2D eigenvalue weighted by atomic mass is 10.1. The molecule has 0 radical (unpaired) electrons. The minimum atomic E-state index is -3.62. The van der Waals surface area contributed by atoms with E-state index in [9.17, 15) is 8.42 Å². The Morgan fingerprint density at radius 3 is 2.57 bits per heavy atom. The molecule has 78 valence electrons. The number of sulfonamides is 1. The molecule has 0 saturated carbocycles. The van der Waals surface area contributed by atoms with Crippen molar-refractivity contribution in [1.29, 1.82) is 0 Å². The molecule has 0 amide bonds. The molecule has 1 aromatic carbocycles. The molecule has 0 spiro atoms. The van der Waals surface area contributed by atoms with E-state index in [4.69, 9.17) is 10.9 Å². The van der Waals surface area contributed by atoms with Gasteiger partial charge >= 0.3 is 0 Å². The summed E-state index contributed by atoms with van der Waals surface area (Å²) < 4.78 is 22.1. The lowest BCUT2D eigenvalue weighted by molar-refractivity contribution is 0.597. The molecule has 1 aromatic rings. The maximum Gasteiger partial charge on any atom is 0.238 e. The van der Waals surface area contributed by atoms with Crippen LogP contribution in [0.25, 0.3) is 0 Å². The van der Waals surface area contributed by atoms with Crippen LogP contribution in [0.3, 0.4) is 0 Å². The third-order valence-corrected chi connectivity index (χ3v) is 2.97. The van der Waals surface area contributed by atoms with Crippen LogP contribution in [0.4, 0.5) is 0 Å². The first-order valence-electron chi connectivity index (χ1n) is 4.33. The Hall–Kier alpha value is -0.910. The lowest BCUT2D eigenvalue weighted by Gasteiger charge is -2.09. The molecule has 14 heavy (non-hydrogen) atoms. The smallest absolute Gasteiger partial charge is 0.238 e. The third kappa shape index (κ3) is 2.54. The summed E-state index contributed by atoms with van der Waals surface area (Å²) in [6, 6.07) is 6.27. The van der Waals surface area contributed by atoms with Gasteiger partial charge in [-0.05, 0) is 24.1 Å². The molecule has 0 saturated heterocycles. The monoisotopic (exact) mass is 214 g/mol. The van der Waals surface area contributed by atoms with E-state index in [1.165, 1.54) is 12.1 Å². The zero-order chi connectivity index (χ0) is 10.8. The first-order chi connectivity index (χ1) is 6.45. The van der Waals surface area contributed by atoms with Crippen LogP contribution >= 0.6 is 0 Å². The molecular formula is C9H14N2O2S. The molecule has 1 rings (SSSR count). The minimum Gasteiger partial charge on any atom is -0.324 e. The summed E-state index contributed by atoms with van der Waals surface area (Å²) in [5.74, 6) is 0. The zero-order valence-corrected chi connectivity index (χ0v) is 8.79. The molecule has 0 bridgehead atoms. The Bertz CT molecular complexity index is 415. The van der Waals surface area contributed by atoms with Crippen molar-refractivity contribution in [2.45, 2.75) is 24.3 Å². The van der Waals surface area contributed by atoms with Gasteiger partial charge in [0.2, 0.25) is 10.0 Å². The highest BCUT2D eigenvalue weighted by Crippen LogP contribution is 2.17. The van der Waals surface area contributed by atoms with Crippen LogP contribution in [0.5, 0.6) is 0 Å². The fourth-order valence-corrected chi connectivity index (χ4v) is 1.73. The predicted molar refractivity (Wildman–Crippen MR) is 55.0 cm³/mol. The van der Waals surface area contributed by atoms with E-state index >= 15 is 0 Å². The average molecular weight is 214 g/mol. The number of hydrogen-bond acceptors (Lipinski definition) is 3. The highest BCUT2D eigenvalue weighted by atomic mass is 32.2. The second-order valence-corrected chi connectivity index (χ2v) is 4.69. The van der Waals surface area contributed by atoms with Crippen LogP contribution in [0, 0.1) is 0 Å². The number of hydrogen-bond donors (Lipinski definition) is 2. The van der Waals surface area contributed by atoms with Gasteiger partial charge in [0, 0.05) is 6.04 Å². The summed E-state index contributed by atoms with van der Waals surface area (Å²) in [5, 5.41) is 5.00. The predicted octanol–water partition coefficient (Wildman–Crippen LogP) is 0.744. The van der Waals surface area contributed by atoms with Crippen molar-refractivity contribution in [3.8, 4) is 0 Å². The quantitative estimate of drug-likeness (QED) is 0.778. The fraction of sp³-hybridized carbons (Fsp3) is 0.333. The van der Waals surface area contributed by atoms with Crippen LogP contribution in [-0.4, -0.2) is 8.42 Å². The summed E-state index contributed by atoms with van der Waals surface area (Å²) in [7, 11) is -3.62. The fourth-order valence-electron chi connectivity index (χ4n) is 1.16. The SMILES string of the molecule is CCC(N)c1cccc(S(N)(=O)=O)c1. The maximum atomic E-state index is 11.0. The molecular weight excluding hydrogens is 200 g/mol. The number of primary sulfonamides is 1. The third-order valence-electron chi connectivity index (χ3n) is 2.05. The molecule has 0 aliphatic rings. The van der Waals surface area contributed by atoms with Crippen molar-refractivity contribution in [1.82, 2.24) is 0 Å². The lowest BCUT2D eigenvalue weighted by Crippen LogP contribution is -2.14. The van der Waals surface area contributed by atoms with E-state index in [1.807, 2.05) is 6.92 Å². The van der Waals surface area contributed by atoms with Crippen LogP contribution in [0.15, 0.2) is 29.2 Å². The molecule has 0 fully saturated rings. The second kappa shape index (κ2) is 4.08.